The van der Waals surface area contributed by atoms with E-state index in [4.69, 9.17) is 11.6 Å². The maximum Gasteiger partial charge on any atom is 0.415 e. The average molecular weight is 525 g/mol. The molecule has 1 aliphatic carbocycles. The maximum absolute atomic E-state index is 14.2. The van der Waals surface area contributed by atoms with Gasteiger partial charge in [0.1, 0.15) is 17.9 Å². The third-order valence-electron chi connectivity index (χ3n) is 5.90. The van der Waals surface area contributed by atoms with E-state index in [1.165, 1.54) is 30.3 Å². The molecule has 36 heavy (non-hydrogen) atoms. The van der Waals surface area contributed by atoms with Crippen LogP contribution < -0.4 is 15.5 Å². The Morgan fingerprint density at radius 1 is 1.17 bits per heavy atom. The highest BCUT2D eigenvalue weighted by molar-refractivity contribution is 6.31. The number of benzene rings is 2. The van der Waals surface area contributed by atoms with E-state index in [2.05, 4.69) is 10.6 Å². The largest absolute Gasteiger partial charge is 0.465 e. The predicted octanol–water partition coefficient (Wildman–Crippen LogP) is 3.54. The summed E-state index contributed by atoms with van der Waals surface area (Å²) < 4.78 is 41.0. The normalized spacial score (nSPS) is 19.7. The Balaban J connectivity index is 1.77. The molecule has 0 radical (unpaired) electrons. The summed E-state index contributed by atoms with van der Waals surface area (Å²) in [5.41, 5.74) is 0.0156. The summed E-state index contributed by atoms with van der Waals surface area (Å²) in [6, 6.07) is 5.82. The lowest BCUT2D eigenvalue weighted by atomic mass is 9.87. The van der Waals surface area contributed by atoms with Gasteiger partial charge in [-0.1, -0.05) is 35.9 Å². The zero-order valence-electron chi connectivity index (χ0n) is 18.5. The van der Waals surface area contributed by atoms with E-state index in [0.717, 1.165) is 17.0 Å². The third-order valence-corrected chi connectivity index (χ3v) is 6.25. The topological polar surface area (TPSA) is 119 Å². The van der Waals surface area contributed by atoms with Crippen LogP contribution in [0.15, 0.2) is 48.5 Å². The summed E-state index contributed by atoms with van der Waals surface area (Å²) in [6.45, 7) is -0.565. The van der Waals surface area contributed by atoms with Crippen LogP contribution in [0.4, 0.5) is 28.4 Å². The Bertz CT molecular complexity index is 1220. The van der Waals surface area contributed by atoms with Gasteiger partial charge in [0.05, 0.1) is 6.54 Å². The van der Waals surface area contributed by atoms with Gasteiger partial charge in [0.2, 0.25) is 5.91 Å². The van der Waals surface area contributed by atoms with Gasteiger partial charge in [-0.05, 0) is 24.3 Å². The Morgan fingerprint density at radius 3 is 2.44 bits per heavy atom. The van der Waals surface area contributed by atoms with Crippen LogP contribution in [0.25, 0.3) is 0 Å². The van der Waals surface area contributed by atoms with Crippen LogP contribution in [0.5, 0.6) is 0 Å². The van der Waals surface area contributed by atoms with Crippen molar-refractivity contribution < 1.29 is 37.5 Å². The fourth-order valence-corrected chi connectivity index (χ4v) is 4.42. The highest BCUT2D eigenvalue weighted by Crippen LogP contribution is 2.39. The third kappa shape index (κ3) is 5.08. The minimum atomic E-state index is -2.93. The molecule has 3 N–H and O–H groups in total. The number of nitrogens with one attached hydrogen (secondary N) is 2. The maximum atomic E-state index is 14.2. The first-order valence-corrected chi connectivity index (χ1v) is 11.2. The van der Waals surface area contributed by atoms with Crippen molar-refractivity contribution in [1.82, 2.24) is 15.5 Å². The summed E-state index contributed by atoms with van der Waals surface area (Å²) in [5, 5.41) is 14.0. The Kier molecular flexibility index (Phi) is 6.81. The lowest BCUT2D eigenvalue weighted by Crippen LogP contribution is -2.56. The van der Waals surface area contributed by atoms with Crippen LogP contribution in [-0.2, 0) is 9.59 Å². The fourth-order valence-electron chi connectivity index (χ4n) is 4.18. The molecule has 13 heteroatoms. The van der Waals surface area contributed by atoms with Crippen molar-refractivity contribution in [3.63, 3.8) is 0 Å². The van der Waals surface area contributed by atoms with E-state index in [1.807, 2.05) is 0 Å². The molecule has 2 atom stereocenters. The Morgan fingerprint density at radius 2 is 1.86 bits per heavy atom. The van der Waals surface area contributed by atoms with Crippen LogP contribution in [0.2, 0.25) is 5.02 Å². The lowest BCUT2D eigenvalue weighted by Gasteiger charge is -2.38. The molecule has 0 aromatic heterocycles. The molecule has 9 nitrogen and oxygen atoms in total. The highest BCUT2D eigenvalue weighted by atomic mass is 35.5. The number of halogens is 4. The zero-order valence-corrected chi connectivity index (χ0v) is 19.2. The molecule has 4 rings (SSSR count). The number of hydrogen-bond donors (Lipinski definition) is 3. The van der Waals surface area contributed by atoms with E-state index in [9.17, 15) is 37.5 Å². The number of rotatable bonds is 6. The van der Waals surface area contributed by atoms with Crippen molar-refractivity contribution in [2.45, 2.75) is 36.9 Å². The van der Waals surface area contributed by atoms with Crippen molar-refractivity contribution >= 4 is 41.2 Å². The monoisotopic (exact) mass is 524 g/mol. The highest BCUT2D eigenvalue weighted by Gasteiger charge is 2.48. The van der Waals surface area contributed by atoms with Gasteiger partial charge >= 0.3 is 12.1 Å². The predicted molar refractivity (Wildman–Crippen MR) is 121 cm³/mol. The second-order valence-electron chi connectivity index (χ2n) is 8.48. The molecule has 5 amide bonds. The number of amides is 5. The molecule has 2 unspecified atom stereocenters. The number of urea groups is 1. The summed E-state index contributed by atoms with van der Waals surface area (Å²) in [4.78, 5) is 51.8. The molecule has 2 aliphatic rings. The van der Waals surface area contributed by atoms with Crippen molar-refractivity contribution in [1.29, 1.82) is 0 Å². The molecule has 0 bridgehead atoms. The second kappa shape index (κ2) is 9.69. The first kappa shape index (κ1) is 25.3. The number of carbonyl (C=O) groups excluding carboxylic acids is 3. The van der Waals surface area contributed by atoms with Crippen LogP contribution in [-0.4, -0.2) is 58.5 Å². The molecule has 1 saturated carbocycles. The van der Waals surface area contributed by atoms with E-state index >= 15 is 0 Å². The molecular formula is C23H20ClF3N4O5. The molecule has 2 aromatic rings. The minimum Gasteiger partial charge on any atom is -0.465 e. The smallest absolute Gasteiger partial charge is 0.415 e. The number of nitrogens with zero attached hydrogens (tertiary/aromatic N) is 2. The van der Waals surface area contributed by atoms with Gasteiger partial charge in [0.25, 0.3) is 11.8 Å². The van der Waals surface area contributed by atoms with Gasteiger partial charge < -0.3 is 15.7 Å². The molecular weight excluding hydrogens is 505 g/mol. The molecule has 1 saturated heterocycles. The summed E-state index contributed by atoms with van der Waals surface area (Å²) >= 11 is 6.34. The number of imide groups is 1. The molecule has 1 heterocycles. The van der Waals surface area contributed by atoms with E-state index in [-0.39, 0.29) is 16.3 Å². The van der Waals surface area contributed by atoms with Crippen molar-refractivity contribution in [3.8, 4) is 0 Å². The van der Waals surface area contributed by atoms with Gasteiger partial charge in [-0.2, -0.15) is 0 Å². The van der Waals surface area contributed by atoms with E-state index < -0.39 is 73.2 Å². The van der Waals surface area contributed by atoms with Crippen LogP contribution in [0, 0.1) is 5.82 Å². The van der Waals surface area contributed by atoms with Gasteiger partial charge in [-0.15, -0.1) is 0 Å². The Hall–Kier alpha value is -3.80. The van der Waals surface area contributed by atoms with E-state index in [0.29, 0.717) is 4.90 Å². The summed E-state index contributed by atoms with van der Waals surface area (Å²) in [7, 11) is 0. The van der Waals surface area contributed by atoms with Crippen LogP contribution in [0.1, 0.15) is 24.4 Å². The average Bonchev–Trinajstić information content (AvgIpc) is 3.18. The van der Waals surface area contributed by atoms with E-state index in [1.54, 1.807) is 6.07 Å². The van der Waals surface area contributed by atoms with Gasteiger partial charge in [-0.3, -0.25) is 14.5 Å². The number of carboxylic acid groups (broad SMARTS) is 1. The van der Waals surface area contributed by atoms with Crippen LogP contribution >= 0.6 is 11.6 Å². The lowest BCUT2D eigenvalue weighted by molar-refractivity contribution is -0.133. The quantitative estimate of drug-likeness (QED) is 0.534. The number of carbonyl (C=O) groups is 4. The van der Waals surface area contributed by atoms with Gasteiger partial charge in [0, 0.05) is 35.2 Å². The fraction of sp³-hybridized carbons (Fsp3) is 0.304. The molecule has 190 valence electrons. The number of anilines is 1. The number of alkyl halides is 2. The molecule has 2 aromatic carbocycles. The SMILES string of the molecule is O=C(NC1CC(F)(F)C1)C(c1ccccc1Cl)N(C(=O)C1CN(C(=O)O)C(=O)N1)c1cccc(F)c1. The van der Waals surface area contributed by atoms with Crippen molar-refractivity contribution in [2.75, 3.05) is 11.4 Å². The summed E-state index contributed by atoms with van der Waals surface area (Å²) in [5.74, 6) is -5.47. The van der Waals surface area contributed by atoms with Crippen molar-refractivity contribution in [3.05, 3.63) is 64.9 Å². The van der Waals surface area contributed by atoms with Gasteiger partial charge in [0.15, 0.2) is 0 Å². The minimum absolute atomic E-state index is 0.0633. The van der Waals surface area contributed by atoms with Crippen LogP contribution in [0.3, 0.4) is 0 Å². The molecule has 2 fully saturated rings. The zero-order chi connectivity index (χ0) is 26.2. The Labute approximate surface area is 207 Å². The first-order valence-electron chi connectivity index (χ1n) is 10.8. The van der Waals surface area contributed by atoms with Crippen molar-refractivity contribution in [2.24, 2.45) is 0 Å². The second-order valence-corrected chi connectivity index (χ2v) is 8.88. The standard InChI is InChI=1S/C23H20ClF3N4O5/c24-16-7-2-1-6-15(16)18(19(32)28-13-9-23(26,27)10-13)31(14-5-3-4-12(25)8-14)20(33)17-11-30(22(35)36)21(34)29-17/h1-8,13,17-18H,9-11H2,(H,28,32)(H,29,34)(H,35,36). The molecule has 0 spiro atoms. The first-order chi connectivity index (χ1) is 17.0. The molecule has 1 aliphatic heterocycles. The number of hydrogen-bond acceptors (Lipinski definition) is 4. The van der Waals surface area contributed by atoms with Gasteiger partial charge in [-0.25, -0.2) is 27.7 Å². The summed E-state index contributed by atoms with van der Waals surface area (Å²) in [6.07, 6.45) is -2.77.